The fourth-order valence-corrected chi connectivity index (χ4v) is 1.90. The maximum Gasteiger partial charge on any atom is 0.121 e. The Kier molecular flexibility index (Phi) is 2.05. The Labute approximate surface area is 89.5 Å². The lowest BCUT2D eigenvalue weighted by atomic mass is 9.93. The van der Waals surface area contributed by atoms with Gasteiger partial charge in [-0.15, -0.1) is 0 Å². The minimum atomic E-state index is 0.624. The van der Waals surface area contributed by atoms with Gasteiger partial charge in [0.1, 0.15) is 6.20 Å². The van der Waals surface area contributed by atoms with Crippen molar-refractivity contribution < 1.29 is 0 Å². The Morgan fingerprint density at radius 3 is 2.67 bits per heavy atom. The molecule has 2 nitrogen and oxygen atoms in total. The average Bonchev–Trinajstić information content (AvgIpc) is 2.66. The van der Waals surface area contributed by atoms with Crippen LogP contribution in [0.1, 0.15) is 25.3 Å². The van der Waals surface area contributed by atoms with E-state index in [9.17, 15) is 0 Å². The molecule has 1 aromatic carbocycles. The molecule has 2 aromatic rings. The molecule has 0 aliphatic heterocycles. The molecule has 0 amide bonds. The summed E-state index contributed by atoms with van der Waals surface area (Å²) in [5.41, 5.74) is 2.30. The first-order valence-electron chi connectivity index (χ1n) is 5.46. The highest BCUT2D eigenvalue weighted by atomic mass is 15.3. The van der Waals surface area contributed by atoms with Crippen LogP contribution >= 0.6 is 0 Å². The first kappa shape index (κ1) is 8.72. The van der Waals surface area contributed by atoms with Gasteiger partial charge < -0.3 is 0 Å². The Hall–Kier alpha value is -1.57. The Morgan fingerprint density at radius 1 is 1.20 bits per heavy atom. The van der Waals surface area contributed by atoms with Gasteiger partial charge in [0.15, 0.2) is 0 Å². The summed E-state index contributed by atoms with van der Waals surface area (Å²) in [6.45, 7) is 0. The van der Waals surface area contributed by atoms with E-state index in [1.165, 1.54) is 24.8 Å². The summed E-state index contributed by atoms with van der Waals surface area (Å²) < 4.78 is 2.06. The fourth-order valence-electron chi connectivity index (χ4n) is 1.90. The molecule has 1 aromatic heterocycles. The quantitative estimate of drug-likeness (QED) is 0.723. The van der Waals surface area contributed by atoms with Gasteiger partial charge in [0.05, 0.1) is 6.04 Å². The smallest absolute Gasteiger partial charge is 0.121 e. The molecule has 15 heavy (non-hydrogen) atoms. The van der Waals surface area contributed by atoms with Gasteiger partial charge in [0.2, 0.25) is 0 Å². The largest absolute Gasteiger partial charge is 0.268 e. The highest BCUT2D eigenvalue weighted by Gasteiger charge is 2.20. The normalized spacial score (nSPS) is 16.3. The average molecular weight is 197 g/mol. The van der Waals surface area contributed by atoms with Crippen molar-refractivity contribution in [3.05, 3.63) is 42.7 Å². The van der Waals surface area contributed by atoms with Crippen LogP contribution in [-0.4, -0.2) is 9.78 Å². The molecule has 0 saturated heterocycles. The summed E-state index contributed by atoms with van der Waals surface area (Å²) in [5.74, 6) is 0. The lowest BCUT2D eigenvalue weighted by molar-refractivity contribution is 0.289. The van der Waals surface area contributed by atoms with Gasteiger partial charge in [-0.05, 0) is 24.8 Å². The maximum atomic E-state index is 4.31. The van der Waals surface area contributed by atoms with E-state index in [0.29, 0.717) is 6.04 Å². The van der Waals surface area contributed by atoms with Crippen molar-refractivity contribution in [3.8, 4) is 11.1 Å². The van der Waals surface area contributed by atoms with Gasteiger partial charge in [-0.3, -0.25) is 4.68 Å². The van der Waals surface area contributed by atoms with E-state index < -0.39 is 0 Å². The monoisotopic (exact) mass is 197 g/mol. The second-order valence-electron chi connectivity index (χ2n) is 4.09. The van der Waals surface area contributed by atoms with Crippen LogP contribution in [0.25, 0.3) is 11.1 Å². The highest BCUT2D eigenvalue weighted by Crippen LogP contribution is 2.31. The van der Waals surface area contributed by atoms with Crippen molar-refractivity contribution in [2.75, 3.05) is 0 Å². The van der Waals surface area contributed by atoms with Gasteiger partial charge in [0.25, 0.3) is 0 Å². The van der Waals surface area contributed by atoms with Crippen LogP contribution in [0, 0.1) is 6.20 Å². The summed E-state index contributed by atoms with van der Waals surface area (Å²) >= 11 is 0. The minimum Gasteiger partial charge on any atom is -0.268 e. The third kappa shape index (κ3) is 1.56. The second-order valence-corrected chi connectivity index (χ2v) is 4.09. The summed E-state index contributed by atoms with van der Waals surface area (Å²) in [7, 11) is 0. The second kappa shape index (κ2) is 3.54. The number of benzene rings is 1. The van der Waals surface area contributed by atoms with Crippen LogP contribution in [-0.2, 0) is 0 Å². The van der Waals surface area contributed by atoms with E-state index in [0.717, 1.165) is 5.56 Å². The Bertz CT molecular complexity index is 441. The molecule has 1 fully saturated rings. The standard InChI is InChI=1S/C13H13N2/c1-2-5-11(6-3-1)12-9-14-15(10-12)13-7-4-8-13/h1-3,5-6,10,13H,4,7-8H2. The molecule has 0 unspecified atom stereocenters. The van der Waals surface area contributed by atoms with Crippen LogP contribution in [0.5, 0.6) is 0 Å². The highest BCUT2D eigenvalue weighted by molar-refractivity contribution is 5.60. The van der Waals surface area contributed by atoms with Crippen LogP contribution in [0.3, 0.4) is 0 Å². The predicted octanol–water partition coefficient (Wildman–Crippen LogP) is 3.08. The zero-order valence-electron chi connectivity index (χ0n) is 8.56. The number of nitrogens with zero attached hydrogens (tertiary/aromatic N) is 2. The van der Waals surface area contributed by atoms with Crippen LogP contribution < -0.4 is 0 Å². The maximum absolute atomic E-state index is 4.31. The number of hydrogen-bond acceptors (Lipinski definition) is 1. The molecule has 1 radical (unpaired) electrons. The molecule has 75 valence electrons. The van der Waals surface area contributed by atoms with Crippen LogP contribution in [0.15, 0.2) is 36.5 Å². The lowest BCUT2D eigenvalue weighted by Gasteiger charge is -2.25. The molecule has 1 aliphatic rings. The fraction of sp³-hybridized carbons (Fsp3) is 0.308. The lowest BCUT2D eigenvalue weighted by Crippen LogP contribution is -2.16. The number of rotatable bonds is 2. The molecular formula is C13H13N2. The molecule has 1 aliphatic carbocycles. The van der Waals surface area contributed by atoms with E-state index in [2.05, 4.69) is 34.3 Å². The summed E-state index contributed by atoms with van der Waals surface area (Å²) in [6, 6.07) is 10.9. The SMILES string of the molecule is [c]1nn(C2CCC2)cc1-c1ccccc1. The zero-order chi connectivity index (χ0) is 10.1. The number of hydrogen-bond donors (Lipinski definition) is 0. The van der Waals surface area contributed by atoms with Gasteiger partial charge in [-0.1, -0.05) is 30.3 Å². The van der Waals surface area contributed by atoms with E-state index in [-0.39, 0.29) is 0 Å². The Morgan fingerprint density at radius 2 is 2.00 bits per heavy atom. The third-order valence-corrected chi connectivity index (χ3v) is 3.08. The van der Waals surface area contributed by atoms with E-state index in [4.69, 9.17) is 0 Å². The van der Waals surface area contributed by atoms with Crippen molar-refractivity contribution >= 4 is 0 Å². The molecule has 2 heteroatoms. The third-order valence-electron chi connectivity index (χ3n) is 3.08. The molecular weight excluding hydrogens is 184 g/mol. The van der Waals surface area contributed by atoms with Gasteiger partial charge >= 0.3 is 0 Å². The van der Waals surface area contributed by atoms with E-state index >= 15 is 0 Å². The predicted molar refractivity (Wildman–Crippen MR) is 59.4 cm³/mol. The minimum absolute atomic E-state index is 0.624. The van der Waals surface area contributed by atoms with Gasteiger partial charge in [-0.25, -0.2) is 0 Å². The molecule has 0 spiro atoms. The first-order chi connectivity index (χ1) is 7.43. The van der Waals surface area contributed by atoms with Crippen molar-refractivity contribution in [2.24, 2.45) is 0 Å². The van der Waals surface area contributed by atoms with Gasteiger partial charge in [-0.2, -0.15) is 5.10 Å². The van der Waals surface area contributed by atoms with Gasteiger partial charge in [0, 0.05) is 11.8 Å². The van der Waals surface area contributed by atoms with E-state index in [1.54, 1.807) is 0 Å². The van der Waals surface area contributed by atoms with Crippen molar-refractivity contribution in [1.82, 2.24) is 9.78 Å². The molecule has 1 heterocycles. The summed E-state index contributed by atoms with van der Waals surface area (Å²) in [5, 5.41) is 4.31. The molecule has 0 bridgehead atoms. The summed E-state index contributed by atoms with van der Waals surface area (Å²) in [4.78, 5) is 0. The van der Waals surface area contributed by atoms with Crippen molar-refractivity contribution in [1.29, 1.82) is 0 Å². The molecule has 0 atom stereocenters. The molecule has 3 rings (SSSR count). The van der Waals surface area contributed by atoms with Crippen LogP contribution in [0.4, 0.5) is 0 Å². The van der Waals surface area contributed by atoms with Crippen molar-refractivity contribution in [3.63, 3.8) is 0 Å². The first-order valence-corrected chi connectivity index (χ1v) is 5.46. The molecule has 1 saturated carbocycles. The topological polar surface area (TPSA) is 17.8 Å². The zero-order valence-corrected chi connectivity index (χ0v) is 8.56. The number of aromatic nitrogens is 2. The van der Waals surface area contributed by atoms with E-state index in [1.807, 2.05) is 18.2 Å². The van der Waals surface area contributed by atoms with Crippen LogP contribution in [0.2, 0.25) is 0 Å². The Balaban J connectivity index is 1.90. The molecule has 0 N–H and O–H groups in total. The summed E-state index contributed by atoms with van der Waals surface area (Å²) in [6.07, 6.45) is 9.07. The van der Waals surface area contributed by atoms with Crippen molar-refractivity contribution in [2.45, 2.75) is 25.3 Å².